The van der Waals surface area contributed by atoms with Crippen molar-refractivity contribution in [3.63, 3.8) is 0 Å². The number of hydrogen-bond acceptors (Lipinski definition) is 7. The minimum absolute atomic E-state index is 0.0716. The number of ether oxygens (including phenoxy) is 1. The summed E-state index contributed by atoms with van der Waals surface area (Å²) in [7, 11) is 1.49. The standard InChI is InChI=1S/C42H49N3O6S2/c1-40(2,3)51-39(50)43-33(28-53-42(30-21-13-8-14-22-30,31-23-15-9-16-24-31)32-25-17-10-18-26-32)37(47)45(6)34(27-29-19-11-7-12-20-29)36(46)44-35(38(48)49)41(4,5)52/h7-26,33-35,52H,27-28H2,1-6H3,(H,43,50)(H,44,46)(H,48,49)/t33-,34+,35-/m0/s1. The van der Waals surface area contributed by atoms with Crippen molar-refractivity contribution in [1.82, 2.24) is 15.5 Å². The number of amides is 3. The first-order valence-corrected chi connectivity index (χ1v) is 18.8. The molecule has 0 saturated heterocycles. The van der Waals surface area contributed by atoms with Gasteiger partial charge in [-0.15, -0.1) is 11.8 Å². The van der Waals surface area contributed by atoms with Crippen molar-refractivity contribution in [3.05, 3.63) is 144 Å². The molecule has 4 aromatic carbocycles. The molecule has 4 rings (SSSR count). The summed E-state index contributed by atoms with van der Waals surface area (Å²) in [5.41, 5.74) is 2.81. The quantitative estimate of drug-likeness (QED) is 0.0765. The van der Waals surface area contributed by atoms with Gasteiger partial charge >= 0.3 is 12.1 Å². The number of rotatable bonds is 15. The SMILES string of the molecule is CN(C(=O)[C@H](CSC(c1ccccc1)(c1ccccc1)c1ccccc1)NC(=O)OC(C)(C)C)[C@H](Cc1ccccc1)C(=O)N[C@@H](C(=O)O)C(C)(C)S. The predicted molar refractivity (Wildman–Crippen MR) is 214 cm³/mol. The van der Waals surface area contributed by atoms with Crippen LogP contribution in [0.5, 0.6) is 0 Å². The first kappa shape index (κ1) is 41.0. The van der Waals surface area contributed by atoms with Gasteiger partial charge in [-0.1, -0.05) is 121 Å². The van der Waals surface area contributed by atoms with E-state index in [2.05, 4.69) is 23.3 Å². The van der Waals surface area contributed by atoms with Gasteiger partial charge in [-0.05, 0) is 56.9 Å². The summed E-state index contributed by atoms with van der Waals surface area (Å²) in [6.45, 7) is 8.38. The van der Waals surface area contributed by atoms with Crippen molar-refractivity contribution in [1.29, 1.82) is 0 Å². The van der Waals surface area contributed by atoms with Crippen LogP contribution in [0.3, 0.4) is 0 Å². The van der Waals surface area contributed by atoms with Crippen molar-refractivity contribution in [2.45, 2.75) is 74.3 Å². The molecule has 0 aromatic heterocycles. The van der Waals surface area contributed by atoms with E-state index in [1.807, 2.05) is 121 Å². The number of carboxylic acids is 1. The number of carbonyl (C=O) groups is 4. The summed E-state index contributed by atoms with van der Waals surface area (Å²) >= 11 is 5.91. The topological polar surface area (TPSA) is 125 Å². The molecule has 9 nitrogen and oxygen atoms in total. The fraction of sp³-hybridized carbons (Fsp3) is 0.333. The van der Waals surface area contributed by atoms with Gasteiger partial charge in [0, 0.05) is 24.0 Å². The van der Waals surface area contributed by atoms with Gasteiger partial charge in [-0.25, -0.2) is 9.59 Å². The molecule has 11 heteroatoms. The highest BCUT2D eigenvalue weighted by molar-refractivity contribution is 8.00. The lowest BCUT2D eigenvalue weighted by molar-refractivity contribution is -0.145. The second-order valence-electron chi connectivity index (χ2n) is 14.4. The molecular weight excluding hydrogens is 707 g/mol. The maximum Gasteiger partial charge on any atom is 0.408 e. The van der Waals surface area contributed by atoms with Gasteiger partial charge in [0.15, 0.2) is 0 Å². The van der Waals surface area contributed by atoms with Crippen LogP contribution in [0.15, 0.2) is 121 Å². The van der Waals surface area contributed by atoms with Gasteiger partial charge in [0.25, 0.3) is 0 Å². The van der Waals surface area contributed by atoms with Crippen molar-refractivity contribution < 1.29 is 29.0 Å². The highest BCUT2D eigenvalue weighted by Crippen LogP contribution is 2.48. The van der Waals surface area contributed by atoms with Gasteiger partial charge in [0.05, 0.1) is 4.75 Å². The average Bonchev–Trinajstić information content (AvgIpc) is 3.12. The summed E-state index contributed by atoms with van der Waals surface area (Å²) in [5.74, 6) is -2.41. The third-order valence-corrected chi connectivity index (χ3v) is 10.5. The van der Waals surface area contributed by atoms with Crippen LogP contribution in [0.2, 0.25) is 0 Å². The van der Waals surface area contributed by atoms with E-state index in [-0.39, 0.29) is 12.2 Å². The van der Waals surface area contributed by atoms with Crippen LogP contribution >= 0.6 is 24.4 Å². The number of hydrogen-bond donors (Lipinski definition) is 4. The third kappa shape index (κ3) is 10.9. The number of carboxylic acid groups (broad SMARTS) is 1. The smallest absolute Gasteiger partial charge is 0.408 e. The summed E-state index contributed by atoms with van der Waals surface area (Å²) in [5, 5.41) is 15.4. The molecular formula is C42H49N3O6S2. The minimum Gasteiger partial charge on any atom is -0.480 e. The fourth-order valence-electron chi connectivity index (χ4n) is 6.02. The van der Waals surface area contributed by atoms with E-state index in [9.17, 15) is 24.3 Å². The Kier molecular flexibility index (Phi) is 13.8. The number of thioether (sulfide) groups is 1. The van der Waals surface area contributed by atoms with Crippen LogP contribution in [0, 0.1) is 0 Å². The van der Waals surface area contributed by atoms with E-state index >= 15 is 0 Å². The van der Waals surface area contributed by atoms with E-state index in [4.69, 9.17) is 4.74 Å². The zero-order valence-corrected chi connectivity index (χ0v) is 32.7. The molecule has 0 bridgehead atoms. The van der Waals surface area contributed by atoms with Gasteiger partial charge in [-0.3, -0.25) is 9.59 Å². The molecule has 3 N–H and O–H groups in total. The van der Waals surface area contributed by atoms with Crippen molar-refractivity contribution in [3.8, 4) is 0 Å². The normalized spacial score (nSPS) is 13.6. The number of nitrogens with zero attached hydrogens (tertiary/aromatic N) is 1. The fourth-order valence-corrected chi connectivity index (χ4v) is 7.75. The van der Waals surface area contributed by atoms with E-state index in [1.54, 1.807) is 34.6 Å². The van der Waals surface area contributed by atoms with E-state index in [0.717, 1.165) is 22.3 Å². The second kappa shape index (κ2) is 17.9. The Morgan fingerprint density at radius 3 is 1.57 bits per heavy atom. The van der Waals surface area contributed by atoms with Crippen molar-refractivity contribution in [2.24, 2.45) is 0 Å². The number of nitrogens with one attached hydrogen (secondary N) is 2. The first-order chi connectivity index (χ1) is 25.0. The molecule has 0 aliphatic rings. The van der Waals surface area contributed by atoms with Gasteiger partial charge in [-0.2, -0.15) is 12.6 Å². The highest BCUT2D eigenvalue weighted by atomic mass is 32.2. The molecule has 0 heterocycles. The summed E-state index contributed by atoms with van der Waals surface area (Å²) in [6, 6.07) is 35.4. The molecule has 53 heavy (non-hydrogen) atoms. The molecule has 0 spiro atoms. The second-order valence-corrected chi connectivity index (χ2v) is 16.8. The number of alkyl carbamates (subject to hydrolysis) is 1. The molecule has 4 aromatic rings. The largest absolute Gasteiger partial charge is 0.480 e. The molecule has 0 fully saturated rings. The Morgan fingerprint density at radius 1 is 0.736 bits per heavy atom. The Bertz CT molecular complexity index is 1720. The lowest BCUT2D eigenvalue weighted by atomic mass is 9.84. The average molecular weight is 756 g/mol. The number of likely N-dealkylation sites (N-methyl/N-ethyl adjacent to an activating group) is 1. The molecule has 0 aliphatic heterocycles. The lowest BCUT2D eigenvalue weighted by Gasteiger charge is -2.37. The van der Waals surface area contributed by atoms with Gasteiger partial charge < -0.3 is 25.4 Å². The summed E-state index contributed by atoms with van der Waals surface area (Å²) in [4.78, 5) is 55.7. The Balaban J connectivity index is 1.79. The minimum atomic E-state index is -1.35. The van der Waals surface area contributed by atoms with E-state index < -0.39 is 57.1 Å². The number of carbonyl (C=O) groups excluding carboxylic acids is 3. The molecule has 3 atom stereocenters. The third-order valence-electron chi connectivity index (χ3n) is 8.63. The van der Waals surface area contributed by atoms with Crippen molar-refractivity contribution in [2.75, 3.05) is 12.8 Å². The molecule has 0 saturated carbocycles. The molecule has 0 aliphatic carbocycles. The molecule has 0 unspecified atom stereocenters. The molecule has 280 valence electrons. The lowest BCUT2D eigenvalue weighted by Crippen LogP contribution is -2.60. The first-order valence-electron chi connectivity index (χ1n) is 17.4. The van der Waals surface area contributed by atoms with E-state index in [1.165, 1.54) is 23.7 Å². The number of thiol groups is 1. The zero-order valence-electron chi connectivity index (χ0n) is 31.0. The van der Waals surface area contributed by atoms with Crippen LogP contribution in [-0.2, 0) is 30.3 Å². The van der Waals surface area contributed by atoms with Gasteiger partial charge in [0.1, 0.15) is 23.7 Å². The maximum absolute atomic E-state index is 14.8. The summed E-state index contributed by atoms with van der Waals surface area (Å²) < 4.78 is 3.69. The predicted octanol–water partition coefficient (Wildman–Crippen LogP) is 6.95. The van der Waals surface area contributed by atoms with Crippen LogP contribution in [0.25, 0.3) is 0 Å². The van der Waals surface area contributed by atoms with Crippen LogP contribution in [0.4, 0.5) is 4.79 Å². The maximum atomic E-state index is 14.8. The molecule has 3 amide bonds. The van der Waals surface area contributed by atoms with Crippen molar-refractivity contribution >= 4 is 48.3 Å². The monoisotopic (exact) mass is 755 g/mol. The van der Waals surface area contributed by atoms with Crippen LogP contribution in [0.1, 0.15) is 56.9 Å². The number of aliphatic carboxylic acids is 1. The zero-order chi connectivity index (χ0) is 38.8. The highest BCUT2D eigenvalue weighted by Gasteiger charge is 2.42. The Morgan fingerprint density at radius 2 is 1.17 bits per heavy atom. The van der Waals surface area contributed by atoms with E-state index in [0.29, 0.717) is 0 Å². The number of benzene rings is 4. The Hall–Kier alpha value is -4.74. The van der Waals surface area contributed by atoms with Crippen LogP contribution in [-0.4, -0.2) is 75.2 Å². The van der Waals surface area contributed by atoms with Crippen LogP contribution < -0.4 is 10.6 Å². The molecule has 0 radical (unpaired) electrons. The van der Waals surface area contributed by atoms with Gasteiger partial charge in [0.2, 0.25) is 11.8 Å². The summed E-state index contributed by atoms with van der Waals surface area (Å²) in [6.07, 6.45) is -0.705. The Labute approximate surface area is 322 Å².